The zero-order valence-corrected chi connectivity index (χ0v) is 18.5. The minimum absolute atomic E-state index is 0.0289. The van der Waals surface area contributed by atoms with Gasteiger partial charge in [0, 0.05) is 31.3 Å². The van der Waals surface area contributed by atoms with Crippen LogP contribution in [0.2, 0.25) is 0 Å². The van der Waals surface area contributed by atoms with Crippen molar-refractivity contribution in [1.82, 2.24) is 19.8 Å². The number of aromatic nitrogens is 2. The van der Waals surface area contributed by atoms with Crippen molar-refractivity contribution in [1.29, 1.82) is 0 Å². The van der Waals surface area contributed by atoms with E-state index in [-0.39, 0.29) is 30.2 Å². The van der Waals surface area contributed by atoms with Crippen molar-refractivity contribution in [2.75, 3.05) is 19.6 Å². The van der Waals surface area contributed by atoms with E-state index in [1.54, 1.807) is 23.4 Å². The predicted molar refractivity (Wildman–Crippen MR) is 121 cm³/mol. The van der Waals surface area contributed by atoms with Crippen LogP contribution in [0.15, 0.2) is 59.6 Å². The average Bonchev–Trinajstić information content (AvgIpc) is 3.60. The molecule has 2 aliphatic rings. The maximum absolute atomic E-state index is 13.7. The van der Waals surface area contributed by atoms with E-state index in [0.717, 1.165) is 37.1 Å². The van der Waals surface area contributed by atoms with Gasteiger partial charge in [-0.1, -0.05) is 23.8 Å². The van der Waals surface area contributed by atoms with E-state index in [2.05, 4.69) is 9.97 Å². The second kappa shape index (κ2) is 9.05. The lowest BCUT2D eigenvalue weighted by Gasteiger charge is -2.27. The number of hydrogen-bond acceptors (Lipinski definition) is 6. The van der Waals surface area contributed by atoms with Gasteiger partial charge in [-0.2, -0.15) is 0 Å². The van der Waals surface area contributed by atoms with Crippen LogP contribution in [-0.4, -0.2) is 63.4 Å². The lowest BCUT2D eigenvalue weighted by molar-refractivity contribution is -0.134. The van der Waals surface area contributed by atoms with Gasteiger partial charge in [0.1, 0.15) is 17.9 Å². The molecule has 0 spiro atoms. The Morgan fingerprint density at radius 3 is 2.76 bits per heavy atom. The smallest absolute Gasteiger partial charge is 0.277 e. The van der Waals surface area contributed by atoms with Crippen LogP contribution in [0, 0.1) is 6.92 Å². The van der Waals surface area contributed by atoms with Crippen LogP contribution in [0.3, 0.4) is 0 Å². The van der Waals surface area contributed by atoms with Gasteiger partial charge in [0.05, 0.1) is 12.7 Å². The van der Waals surface area contributed by atoms with Gasteiger partial charge in [-0.3, -0.25) is 14.6 Å². The summed E-state index contributed by atoms with van der Waals surface area (Å²) < 4.78 is 11.7. The Kier molecular flexibility index (Phi) is 5.81. The van der Waals surface area contributed by atoms with E-state index >= 15 is 0 Å². The van der Waals surface area contributed by atoms with Gasteiger partial charge >= 0.3 is 0 Å². The molecule has 2 atom stereocenters. The van der Waals surface area contributed by atoms with E-state index in [4.69, 9.17) is 9.15 Å². The van der Waals surface area contributed by atoms with Crippen LogP contribution < -0.4 is 4.74 Å². The molecule has 8 nitrogen and oxygen atoms in total. The van der Waals surface area contributed by atoms with Crippen LogP contribution in [0.4, 0.5) is 0 Å². The van der Waals surface area contributed by atoms with Crippen molar-refractivity contribution in [3.8, 4) is 17.1 Å². The van der Waals surface area contributed by atoms with Crippen molar-refractivity contribution >= 4 is 11.8 Å². The molecule has 2 aliphatic heterocycles. The van der Waals surface area contributed by atoms with Crippen molar-refractivity contribution in [2.24, 2.45) is 0 Å². The number of amides is 2. The summed E-state index contributed by atoms with van der Waals surface area (Å²) in [6.45, 7) is 3.72. The van der Waals surface area contributed by atoms with E-state index in [0.29, 0.717) is 17.9 Å². The molecule has 2 aromatic heterocycles. The molecule has 0 radical (unpaired) electrons. The number of pyridine rings is 1. The Bertz CT molecular complexity index is 1140. The molecule has 0 saturated carbocycles. The molecular weight excluding hydrogens is 420 g/mol. The number of aryl methyl sites for hydroxylation is 1. The summed E-state index contributed by atoms with van der Waals surface area (Å²) in [4.78, 5) is 38.8. The molecule has 0 bridgehead atoms. The fourth-order valence-electron chi connectivity index (χ4n) is 4.62. The third-order valence-electron chi connectivity index (χ3n) is 6.21. The largest absolute Gasteiger partial charge is 0.487 e. The first-order valence-corrected chi connectivity index (χ1v) is 11.3. The first kappa shape index (κ1) is 21.2. The summed E-state index contributed by atoms with van der Waals surface area (Å²) in [7, 11) is 0. The Morgan fingerprint density at radius 2 is 2.00 bits per heavy atom. The van der Waals surface area contributed by atoms with Gasteiger partial charge in [-0.25, -0.2) is 4.98 Å². The van der Waals surface area contributed by atoms with Crippen molar-refractivity contribution < 1.29 is 18.7 Å². The number of rotatable bonds is 5. The summed E-state index contributed by atoms with van der Waals surface area (Å²) in [5, 5.41) is 0. The number of carbonyl (C=O) groups excluding carboxylic acids is 2. The summed E-state index contributed by atoms with van der Waals surface area (Å²) in [6.07, 6.45) is 6.68. The maximum atomic E-state index is 13.7. The topological polar surface area (TPSA) is 88.8 Å². The number of benzene rings is 1. The molecule has 4 heterocycles. The van der Waals surface area contributed by atoms with Crippen molar-refractivity contribution in [2.45, 2.75) is 38.3 Å². The summed E-state index contributed by atoms with van der Waals surface area (Å²) in [6, 6.07) is 10.7. The van der Waals surface area contributed by atoms with Gasteiger partial charge in [0.25, 0.3) is 5.91 Å². The molecule has 0 unspecified atom stereocenters. The summed E-state index contributed by atoms with van der Waals surface area (Å²) >= 11 is 0. The minimum atomic E-state index is -0.598. The molecule has 170 valence electrons. The quantitative estimate of drug-likeness (QED) is 0.597. The number of hydrogen-bond donors (Lipinski definition) is 0. The first-order chi connectivity index (χ1) is 16.1. The highest BCUT2D eigenvalue weighted by Gasteiger charge is 2.44. The van der Waals surface area contributed by atoms with E-state index in [1.165, 1.54) is 6.39 Å². The highest BCUT2D eigenvalue weighted by atomic mass is 16.5. The Morgan fingerprint density at radius 1 is 1.15 bits per heavy atom. The molecule has 2 saturated heterocycles. The van der Waals surface area contributed by atoms with Crippen LogP contribution in [0.25, 0.3) is 11.3 Å². The first-order valence-electron chi connectivity index (χ1n) is 11.3. The lowest BCUT2D eigenvalue weighted by atomic mass is 10.1. The number of oxazole rings is 1. The van der Waals surface area contributed by atoms with Gasteiger partial charge in [-0.15, -0.1) is 0 Å². The number of likely N-dealkylation sites (tertiary alicyclic amines) is 2. The van der Waals surface area contributed by atoms with Crippen LogP contribution in [0.1, 0.15) is 35.3 Å². The second-order valence-electron chi connectivity index (χ2n) is 8.57. The van der Waals surface area contributed by atoms with Gasteiger partial charge in [-0.05, 0) is 38.0 Å². The zero-order chi connectivity index (χ0) is 22.8. The highest BCUT2D eigenvalue weighted by molar-refractivity contribution is 6.00. The Labute approximate surface area is 192 Å². The average molecular weight is 447 g/mol. The molecule has 1 aromatic carbocycles. The molecule has 8 heteroatoms. The fourth-order valence-corrected chi connectivity index (χ4v) is 4.62. The summed E-state index contributed by atoms with van der Waals surface area (Å²) in [5.41, 5.74) is 2.04. The summed E-state index contributed by atoms with van der Waals surface area (Å²) in [5.74, 6) is 0.674. The van der Waals surface area contributed by atoms with Gasteiger partial charge in [0.15, 0.2) is 17.8 Å². The number of carbonyl (C=O) groups is 2. The number of nitrogens with zero attached hydrogens (tertiary/aromatic N) is 4. The molecule has 2 amide bonds. The molecule has 33 heavy (non-hydrogen) atoms. The maximum Gasteiger partial charge on any atom is 0.277 e. The van der Waals surface area contributed by atoms with Crippen molar-refractivity contribution in [3.63, 3.8) is 0 Å². The Hall–Kier alpha value is -3.68. The van der Waals surface area contributed by atoms with Crippen LogP contribution >= 0.6 is 0 Å². The molecular formula is C25H26N4O4. The SMILES string of the molecule is Cc1cccc(-c2ocnc2C(=O)N2C[C@@H](Oc3cccnc3)C[C@H]2C(=O)N2CCCC2)c1. The second-order valence-corrected chi connectivity index (χ2v) is 8.57. The molecule has 2 fully saturated rings. The lowest BCUT2D eigenvalue weighted by Crippen LogP contribution is -2.47. The normalized spacial score (nSPS) is 20.3. The predicted octanol–water partition coefficient (Wildman–Crippen LogP) is 3.33. The van der Waals surface area contributed by atoms with E-state index in [9.17, 15) is 9.59 Å². The standard InChI is InChI=1S/C25H26N4O4/c1-17-6-4-7-18(12-17)23-22(27-16-32-23)25(31)29-15-20(33-19-8-5-9-26-14-19)13-21(29)24(30)28-10-2-3-11-28/h4-9,12,14,16,20-21H,2-3,10-11,13,15H2,1H3/t20-,21-/m0/s1. The molecule has 5 rings (SSSR count). The van der Waals surface area contributed by atoms with Gasteiger partial charge < -0.3 is 19.0 Å². The van der Waals surface area contributed by atoms with E-state index in [1.807, 2.05) is 42.2 Å². The zero-order valence-electron chi connectivity index (χ0n) is 18.5. The molecule has 3 aromatic rings. The fraction of sp³-hybridized carbons (Fsp3) is 0.360. The monoisotopic (exact) mass is 446 g/mol. The van der Waals surface area contributed by atoms with Crippen LogP contribution in [0.5, 0.6) is 5.75 Å². The molecule has 0 aliphatic carbocycles. The van der Waals surface area contributed by atoms with Crippen LogP contribution in [-0.2, 0) is 4.79 Å². The third kappa shape index (κ3) is 4.33. The minimum Gasteiger partial charge on any atom is -0.487 e. The molecule has 0 N–H and O–H groups in total. The highest BCUT2D eigenvalue weighted by Crippen LogP contribution is 2.30. The van der Waals surface area contributed by atoms with Gasteiger partial charge in [0.2, 0.25) is 5.91 Å². The Balaban J connectivity index is 1.43. The number of ether oxygens (including phenoxy) is 1. The van der Waals surface area contributed by atoms with Crippen molar-refractivity contribution in [3.05, 3.63) is 66.4 Å². The van der Waals surface area contributed by atoms with E-state index < -0.39 is 6.04 Å². The third-order valence-corrected chi connectivity index (χ3v) is 6.21.